The van der Waals surface area contributed by atoms with E-state index in [1.807, 2.05) is 105 Å². The van der Waals surface area contributed by atoms with Gasteiger partial charge in [-0.3, -0.25) is 29.5 Å². The summed E-state index contributed by atoms with van der Waals surface area (Å²) in [7, 11) is 0. The molecule has 2 heterocycles. The Morgan fingerprint density at radius 1 is 0.846 bits per heavy atom. The Morgan fingerprint density at radius 2 is 1.56 bits per heavy atom. The maximum absolute atomic E-state index is 15.3. The number of nitrogens with one attached hydrogen (secondary N) is 1. The van der Waals surface area contributed by atoms with Crippen molar-refractivity contribution in [3.8, 4) is 11.5 Å². The molecular weight excluding hydrogens is 654 g/mol. The van der Waals surface area contributed by atoms with Crippen molar-refractivity contribution in [1.29, 1.82) is 0 Å². The van der Waals surface area contributed by atoms with Gasteiger partial charge in [0.05, 0.1) is 28.9 Å². The number of allylic oxidation sites excluding steroid dienone is 2. The van der Waals surface area contributed by atoms with E-state index in [0.717, 1.165) is 21.7 Å². The molecule has 1 saturated carbocycles. The van der Waals surface area contributed by atoms with Gasteiger partial charge in [-0.15, -0.1) is 0 Å². The molecular formula is C43H41N3O6. The second-order valence-corrected chi connectivity index (χ2v) is 14.4. The second kappa shape index (κ2) is 13.1. The van der Waals surface area contributed by atoms with Gasteiger partial charge >= 0.3 is 0 Å². The van der Waals surface area contributed by atoms with E-state index in [2.05, 4.69) is 5.43 Å². The number of benzene rings is 4. The van der Waals surface area contributed by atoms with E-state index in [-0.39, 0.29) is 24.0 Å². The maximum Gasteiger partial charge on any atom is 0.260 e. The third kappa shape index (κ3) is 5.21. The largest absolute Gasteiger partial charge is 0.508 e. The average molecular weight is 696 g/mol. The summed E-state index contributed by atoms with van der Waals surface area (Å²) < 4.78 is 6.06. The van der Waals surface area contributed by atoms with Crippen LogP contribution in [0, 0.1) is 30.6 Å². The van der Waals surface area contributed by atoms with Gasteiger partial charge in [0.25, 0.3) is 11.8 Å². The lowest BCUT2D eigenvalue weighted by Crippen LogP contribution is -2.53. The molecule has 2 N–H and O–H groups in total. The lowest BCUT2D eigenvalue weighted by Gasteiger charge is -2.50. The fourth-order valence-electron chi connectivity index (χ4n) is 9.20. The number of imide groups is 2. The van der Waals surface area contributed by atoms with E-state index in [9.17, 15) is 19.5 Å². The number of carbonyl (C=O) groups excluding carboxylic acids is 4. The van der Waals surface area contributed by atoms with Crippen molar-refractivity contribution in [2.75, 3.05) is 12.0 Å². The summed E-state index contributed by atoms with van der Waals surface area (Å²) in [6.45, 7) is 4.53. The average Bonchev–Trinajstić information content (AvgIpc) is 3.53. The van der Waals surface area contributed by atoms with Crippen molar-refractivity contribution >= 4 is 29.3 Å². The second-order valence-electron chi connectivity index (χ2n) is 14.4. The van der Waals surface area contributed by atoms with Crippen LogP contribution in [0.15, 0.2) is 115 Å². The zero-order valence-electron chi connectivity index (χ0n) is 29.2. The molecule has 2 aliphatic heterocycles. The van der Waals surface area contributed by atoms with E-state index in [0.29, 0.717) is 48.6 Å². The molecule has 0 radical (unpaired) electrons. The molecule has 9 nitrogen and oxygen atoms in total. The molecule has 4 amide bonds. The number of anilines is 1. The number of likely N-dealkylation sites (tertiary alicyclic amines) is 1. The molecule has 6 atom stereocenters. The SMILES string of the molecule is CCCN1C(=O)[C@H]2[C@H](CC=C3[C@H]2C[C@H]2C(=O)N(Nc4ccc(C)cc4)C(=O)[C@@]2(c2ccccc2)[C@H]3c2ccc(OCc3ccccc3)cc2O)C1=O. The molecule has 4 aromatic rings. The van der Waals surface area contributed by atoms with Crippen LogP contribution in [0.2, 0.25) is 0 Å². The van der Waals surface area contributed by atoms with E-state index < -0.39 is 46.8 Å². The molecule has 4 aliphatic rings. The van der Waals surface area contributed by atoms with Gasteiger partial charge in [0.15, 0.2) is 0 Å². The summed E-state index contributed by atoms with van der Waals surface area (Å²) in [5, 5.41) is 13.1. The number of fused-ring (bicyclic) bond motifs is 4. The zero-order chi connectivity index (χ0) is 36.1. The molecule has 0 aromatic heterocycles. The number of carbonyl (C=O) groups is 4. The summed E-state index contributed by atoms with van der Waals surface area (Å²) in [4.78, 5) is 59.2. The number of aryl methyl sites for hydroxylation is 1. The van der Waals surface area contributed by atoms with Crippen molar-refractivity contribution in [1.82, 2.24) is 9.91 Å². The summed E-state index contributed by atoms with van der Waals surface area (Å²) >= 11 is 0. The molecule has 2 aliphatic carbocycles. The van der Waals surface area contributed by atoms with E-state index in [1.54, 1.807) is 18.2 Å². The van der Waals surface area contributed by atoms with Crippen LogP contribution in [0.5, 0.6) is 11.5 Å². The van der Waals surface area contributed by atoms with Crippen LogP contribution >= 0.6 is 0 Å². The molecule has 9 heteroatoms. The Hall–Kier alpha value is -5.70. The van der Waals surface area contributed by atoms with Crippen molar-refractivity contribution < 1.29 is 29.0 Å². The van der Waals surface area contributed by atoms with Crippen molar-refractivity contribution in [3.05, 3.63) is 137 Å². The number of hydrogen-bond donors (Lipinski definition) is 2. The number of phenols is 1. The summed E-state index contributed by atoms with van der Waals surface area (Å²) in [5.74, 6) is -4.30. The first-order valence-electron chi connectivity index (χ1n) is 18.1. The Labute approximate surface area is 302 Å². The first-order valence-corrected chi connectivity index (χ1v) is 18.1. The summed E-state index contributed by atoms with van der Waals surface area (Å²) in [6.07, 6.45) is 3.18. The molecule has 3 fully saturated rings. The van der Waals surface area contributed by atoms with E-state index in [1.165, 1.54) is 4.90 Å². The number of nitrogens with zero attached hydrogens (tertiary/aromatic N) is 2. The Morgan fingerprint density at radius 3 is 2.25 bits per heavy atom. The fourth-order valence-corrected chi connectivity index (χ4v) is 9.20. The predicted octanol–water partition coefficient (Wildman–Crippen LogP) is 6.67. The first kappa shape index (κ1) is 33.4. The Balaban J connectivity index is 1.29. The molecule has 0 spiro atoms. The summed E-state index contributed by atoms with van der Waals surface area (Å²) in [5.41, 5.74) is 6.13. The van der Waals surface area contributed by atoms with Gasteiger partial charge in [-0.1, -0.05) is 103 Å². The molecule has 52 heavy (non-hydrogen) atoms. The Kier molecular flexibility index (Phi) is 8.44. The highest BCUT2D eigenvalue weighted by atomic mass is 16.5. The lowest BCUT2D eigenvalue weighted by molar-refractivity contribution is -0.141. The third-order valence-corrected chi connectivity index (χ3v) is 11.5. The van der Waals surface area contributed by atoms with Crippen molar-refractivity contribution in [2.24, 2.45) is 23.7 Å². The van der Waals surface area contributed by atoms with Gasteiger partial charge in [0.2, 0.25) is 11.8 Å². The lowest BCUT2D eigenvalue weighted by atomic mass is 9.49. The monoisotopic (exact) mass is 695 g/mol. The van der Waals surface area contributed by atoms with Crippen molar-refractivity contribution in [2.45, 2.75) is 51.0 Å². The fraction of sp³-hybridized carbons (Fsp3) is 0.302. The number of ether oxygens (including phenoxy) is 1. The normalized spacial score (nSPS) is 26.5. The van der Waals surface area contributed by atoms with Crippen LogP contribution in [-0.2, 0) is 31.2 Å². The predicted molar refractivity (Wildman–Crippen MR) is 195 cm³/mol. The number of amides is 4. The molecule has 2 saturated heterocycles. The highest BCUT2D eigenvalue weighted by Crippen LogP contribution is 2.65. The van der Waals surface area contributed by atoms with E-state index >= 15 is 4.79 Å². The minimum atomic E-state index is -1.47. The van der Waals surface area contributed by atoms with Gasteiger partial charge in [-0.2, -0.15) is 5.01 Å². The molecule has 8 rings (SSSR count). The topological polar surface area (TPSA) is 116 Å². The first-order chi connectivity index (χ1) is 25.2. The van der Waals surface area contributed by atoms with Crippen LogP contribution in [0.1, 0.15) is 54.4 Å². The van der Waals surface area contributed by atoms with Crippen LogP contribution < -0.4 is 10.2 Å². The smallest absolute Gasteiger partial charge is 0.260 e. The molecule has 0 bridgehead atoms. The van der Waals surface area contributed by atoms with Gasteiger partial charge in [-0.25, -0.2) is 0 Å². The van der Waals surface area contributed by atoms with Gasteiger partial charge < -0.3 is 9.84 Å². The van der Waals surface area contributed by atoms with Crippen LogP contribution in [0.4, 0.5) is 5.69 Å². The summed E-state index contributed by atoms with van der Waals surface area (Å²) in [6, 6.07) is 31.6. The quantitative estimate of drug-likeness (QED) is 0.148. The van der Waals surface area contributed by atoms with Crippen LogP contribution in [0.3, 0.4) is 0 Å². The van der Waals surface area contributed by atoms with Gasteiger partial charge in [0, 0.05) is 24.1 Å². The third-order valence-electron chi connectivity index (χ3n) is 11.5. The molecule has 0 unspecified atom stereocenters. The molecule has 264 valence electrons. The highest BCUT2D eigenvalue weighted by Gasteiger charge is 2.70. The Bertz CT molecular complexity index is 2080. The van der Waals surface area contributed by atoms with Crippen LogP contribution in [-0.4, -0.2) is 45.2 Å². The van der Waals surface area contributed by atoms with Crippen LogP contribution in [0.25, 0.3) is 0 Å². The van der Waals surface area contributed by atoms with Gasteiger partial charge in [0.1, 0.15) is 18.1 Å². The number of aromatic hydroxyl groups is 1. The minimum Gasteiger partial charge on any atom is -0.508 e. The maximum atomic E-state index is 15.3. The number of hydrogen-bond acceptors (Lipinski definition) is 7. The minimum absolute atomic E-state index is 0.0834. The zero-order valence-corrected chi connectivity index (χ0v) is 29.2. The highest BCUT2D eigenvalue weighted by molar-refractivity contribution is 6.13. The molecule has 4 aromatic carbocycles. The van der Waals surface area contributed by atoms with Gasteiger partial charge in [-0.05, 0) is 61.4 Å². The number of phenolic OH excluding ortho intramolecular Hbond substituents is 1. The number of hydrazine groups is 1. The van der Waals surface area contributed by atoms with E-state index in [4.69, 9.17) is 4.74 Å². The number of rotatable bonds is 9. The standard InChI is InChI=1S/C43H41N3O6/c1-3-22-45-39(48)33-21-20-31-34(37(33)41(45)50)24-35-40(49)46(44-29-16-14-26(2)15-17-29)42(51)43(35,28-12-8-5-9-13-28)38(31)32-19-18-30(23-36(32)47)52-25-27-10-6-4-7-11-27/h4-20,23,33-35,37-38,44,47H,3,21-22,24-25H2,1-2H3/t33-,34+,35-,37-,38+,43+/m0/s1. The van der Waals surface area contributed by atoms with Crippen molar-refractivity contribution in [3.63, 3.8) is 0 Å².